The lowest BCUT2D eigenvalue weighted by Gasteiger charge is -2.30. The lowest BCUT2D eigenvalue weighted by molar-refractivity contribution is -0.116. The van der Waals surface area contributed by atoms with Gasteiger partial charge in [0.25, 0.3) is 0 Å². The van der Waals surface area contributed by atoms with E-state index in [2.05, 4.69) is 46.0 Å². The number of hydrogen-bond donors (Lipinski definition) is 1. The highest BCUT2D eigenvalue weighted by Crippen LogP contribution is 2.31. The number of hydrogen-bond acceptors (Lipinski definition) is 2. The van der Waals surface area contributed by atoms with Gasteiger partial charge in [-0.1, -0.05) is 33.8 Å². The second-order valence-electron chi connectivity index (χ2n) is 7.30. The van der Waals surface area contributed by atoms with Crippen molar-refractivity contribution in [2.45, 2.75) is 60.0 Å². The van der Waals surface area contributed by atoms with Gasteiger partial charge in [-0.05, 0) is 42.7 Å². The Bertz CT molecular complexity index is 516. The standard InChI is InChI=1S/C18H27NO2/c1-12(18(3,4)5)10-13(2)21-15-8-6-14-7-9-17(20)19-16(14)11-15/h6,8,11-13H,7,9-10H2,1-5H3,(H,19,20). The number of benzene rings is 1. The van der Waals surface area contributed by atoms with Crippen LogP contribution in [-0.4, -0.2) is 12.0 Å². The summed E-state index contributed by atoms with van der Waals surface area (Å²) in [5.74, 6) is 1.52. The van der Waals surface area contributed by atoms with E-state index in [-0.39, 0.29) is 12.0 Å². The molecular weight excluding hydrogens is 262 g/mol. The molecule has 0 spiro atoms. The number of ether oxygens (including phenoxy) is 1. The van der Waals surface area contributed by atoms with Gasteiger partial charge in [0.15, 0.2) is 0 Å². The van der Waals surface area contributed by atoms with Crippen LogP contribution in [0.3, 0.4) is 0 Å². The van der Waals surface area contributed by atoms with Gasteiger partial charge in [-0.2, -0.15) is 0 Å². The Hall–Kier alpha value is -1.51. The van der Waals surface area contributed by atoms with Gasteiger partial charge in [0.2, 0.25) is 5.91 Å². The zero-order valence-corrected chi connectivity index (χ0v) is 13.8. The highest BCUT2D eigenvalue weighted by Gasteiger charge is 2.23. The number of nitrogens with one attached hydrogen (secondary N) is 1. The summed E-state index contributed by atoms with van der Waals surface area (Å²) in [7, 11) is 0. The predicted octanol–water partition coefficient (Wildman–Crippen LogP) is 4.41. The molecule has 1 aromatic carbocycles. The molecule has 0 aliphatic carbocycles. The third-order valence-corrected chi connectivity index (χ3v) is 4.48. The van der Waals surface area contributed by atoms with Crippen LogP contribution in [0.5, 0.6) is 5.75 Å². The topological polar surface area (TPSA) is 38.3 Å². The molecule has 3 heteroatoms. The first kappa shape index (κ1) is 15.9. The summed E-state index contributed by atoms with van der Waals surface area (Å²) >= 11 is 0. The van der Waals surface area contributed by atoms with Gasteiger partial charge in [-0.3, -0.25) is 4.79 Å². The van der Waals surface area contributed by atoms with E-state index in [1.165, 1.54) is 5.56 Å². The third-order valence-electron chi connectivity index (χ3n) is 4.48. The van der Waals surface area contributed by atoms with Crippen LogP contribution in [0.4, 0.5) is 5.69 Å². The summed E-state index contributed by atoms with van der Waals surface area (Å²) in [6.45, 7) is 11.2. The average molecular weight is 289 g/mol. The van der Waals surface area contributed by atoms with Gasteiger partial charge in [-0.25, -0.2) is 0 Å². The van der Waals surface area contributed by atoms with Crippen LogP contribution in [0.25, 0.3) is 0 Å². The molecule has 0 fully saturated rings. The Morgan fingerprint density at radius 2 is 1.95 bits per heavy atom. The van der Waals surface area contributed by atoms with Crippen molar-refractivity contribution in [2.75, 3.05) is 5.32 Å². The first-order chi connectivity index (χ1) is 9.75. The van der Waals surface area contributed by atoms with Gasteiger partial charge >= 0.3 is 0 Å². The molecule has 0 saturated heterocycles. The molecule has 1 aliphatic heterocycles. The summed E-state index contributed by atoms with van der Waals surface area (Å²) in [4.78, 5) is 11.5. The molecule has 0 saturated carbocycles. The van der Waals surface area contributed by atoms with Crippen molar-refractivity contribution in [1.29, 1.82) is 0 Å². The minimum atomic E-state index is 0.0917. The lowest BCUT2D eigenvalue weighted by Crippen LogP contribution is -2.24. The Balaban J connectivity index is 2.00. The molecule has 2 unspecified atom stereocenters. The Kier molecular flexibility index (Phi) is 4.60. The SMILES string of the molecule is CC(CC(C)C(C)(C)C)Oc1ccc2c(c1)NC(=O)CC2. The summed E-state index contributed by atoms with van der Waals surface area (Å²) in [5.41, 5.74) is 2.39. The molecule has 1 heterocycles. The van der Waals surface area contributed by atoms with E-state index in [4.69, 9.17) is 4.74 Å². The number of carbonyl (C=O) groups excluding carboxylic acids is 1. The summed E-state index contributed by atoms with van der Waals surface area (Å²) in [6, 6.07) is 6.02. The maximum atomic E-state index is 11.5. The maximum absolute atomic E-state index is 11.5. The highest BCUT2D eigenvalue weighted by molar-refractivity contribution is 5.94. The Morgan fingerprint density at radius 3 is 2.62 bits per heavy atom. The molecule has 1 amide bonds. The molecule has 3 nitrogen and oxygen atoms in total. The van der Waals surface area contributed by atoms with E-state index in [1.54, 1.807) is 0 Å². The average Bonchev–Trinajstić information content (AvgIpc) is 2.36. The van der Waals surface area contributed by atoms with Gasteiger partial charge < -0.3 is 10.1 Å². The number of anilines is 1. The number of fused-ring (bicyclic) bond motifs is 1. The first-order valence-corrected chi connectivity index (χ1v) is 7.85. The third kappa shape index (κ3) is 4.23. The normalized spacial score (nSPS) is 17.7. The van der Waals surface area contributed by atoms with Gasteiger partial charge in [-0.15, -0.1) is 0 Å². The monoisotopic (exact) mass is 289 g/mol. The second kappa shape index (κ2) is 6.08. The van der Waals surface area contributed by atoms with Gasteiger partial charge in [0.05, 0.1) is 6.10 Å². The van der Waals surface area contributed by atoms with E-state index in [0.717, 1.165) is 24.3 Å². The van der Waals surface area contributed by atoms with Gasteiger partial charge in [0.1, 0.15) is 5.75 Å². The zero-order chi connectivity index (χ0) is 15.6. The molecule has 21 heavy (non-hydrogen) atoms. The minimum Gasteiger partial charge on any atom is -0.491 e. The van der Waals surface area contributed by atoms with Crippen LogP contribution in [0.1, 0.15) is 53.0 Å². The molecular formula is C18H27NO2. The van der Waals surface area contributed by atoms with Crippen LogP contribution in [0, 0.1) is 11.3 Å². The fourth-order valence-electron chi connectivity index (χ4n) is 2.56. The fourth-order valence-corrected chi connectivity index (χ4v) is 2.56. The second-order valence-corrected chi connectivity index (χ2v) is 7.30. The van der Waals surface area contributed by atoms with E-state index < -0.39 is 0 Å². The van der Waals surface area contributed by atoms with E-state index in [0.29, 0.717) is 17.8 Å². The number of rotatable bonds is 4. The van der Waals surface area contributed by atoms with Gasteiger partial charge in [0, 0.05) is 18.2 Å². The summed E-state index contributed by atoms with van der Waals surface area (Å²) < 4.78 is 6.03. The van der Waals surface area contributed by atoms with E-state index >= 15 is 0 Å². The maximum Gasteiger partial charge on any atom is 0.224 e. The number of aryl methyl sites for hydroxylation is 1. The summed E-state index contributed by atoms with van der Waals surface area (Å²) in [5, 5.41) is 2.92. The molecule has 1 aliphatic rings. The van der Waals surface area contributed by atoms with Crippen molar-refractivity contribution in [1.82, 2.24) is 0 Å². The van der Waals surface area contributed by atoms with Crippen molar-refractivity contribution in [3.63, 3.8) is 0 Å². The number of amides is 1. The Labute approximate surface area is 128 Å². The molecule has 1 aromatic rings. The molecule has 1 N–H and O–H groups in total. The quantitative estimate of drug-likeness (QED) is 0.891. The van der Waals surface area contributed by atoms with Crippen molar-refractivity contribution >= 4 is 11.6 Å². The summed E-state index contributed by atoms with van der Waals surface area (Å²) in [6.07, 6.45) is 2.58. The van der Waals surface area contributed by atoms with Crippen molar-refractivity contribution in [2.24, 2.45) is 11.3 Å². The van der Waals surface area contributed by atoms with E-state index in [1.807, 2.05) is 12.1 Å². The predicted molar refractivity (Wildman–Crippen MR) is 86.7 cm³/mol. The van der Waals surface area contributed by atoms with Crippen LogP contribution in [0.15, 0.2) is 18.2 Å². The van der Waals surface area contributed by atoms with Crippen LogP contribution >= 0.6 is 0 Å². The molecule has 2 atom stereocenters. The molecule has 116 valence electrons. The lowest BCUT2D eigenvalue weighted by atomic mass is 9.79. The number of carbonyl (C=O) groups is 1. The van der Waals surface area contributed by atoms with Crippen LogP contribution in [0.2, 0.25) is 0 Å². The van der Waals surface area contributed by atoms with Crippen molar-refractivity contribution in [3.05, 3.63) is 23.8 Å². The first-order valence-electron chi connectivity index (χ1n) is 7.85. The molecule has 2 rings (SSSR count). The Morgan fingerprint density at radius 1 is 1.24 bits per heavy atom. The largest absolute Gasteiger partial charge is 0.491 e. The molecule has 0 aromatic heterocycles. The van der Waals surface area contributed by atoms with Crippen molar-refractivity contribution < 1.29 is 9.53 Å². The van der Waals surface area contributed by atoms with Crippen LogP contribution < -0.4 is 10.1 Å². The molecule has 0 radical (unpaired) electrons. The van der Waals surface area contributed by atoms with Crippen LogP contribution in [-0.2, 0) is 11.2 Å². The van der Waals surface area contributed by atoms with E-state index in [9.17, 15) is 4.79 Å². The minimum absolute atomic E-state index is 0.0917. The van der Waals surface area contributed by atoms with Crippen molar-refractivity contribution in [3.8, 4) is 5.75 Å². The smallest absolute Gasteiger partial charge is 0.224 e. The fraction of sp³-hybridized carbons (Fsp3) is 0.611. The zero-order valence-electron chi connectivity index (χ0n) is 13.8. The highest BCUT2D eigenvalue weighted by atomic mass is 16.5. The molecule has 0 bridgehead atoms.